The molecule has 0 saturated carbocycles. The first kappa shape index (κ1) is 18.0. The zero-order valence-corrected chi connectivity index (χ0v) is 15.5. The number of amides is 1. The van der Waals surface area contributed by atoms with E-state index < -0.39 is 0 Å². The van der Waals surface area contributed by atoms with Crippen molar-refractivity contribution in [2.75, 3.05) is 33.2 Å². The number of aromatic amines is 1. The van der Waals surface area contributed by atoms with E-state index in [-0.39, 0.29) is 5.91 Å². The van der Waals surface area contributed by atoms with Gasteiger partial charge in [-0.05, 0) is 61.6 Å². The SMILES string of the molecule is CN(C[C@H]1CCCN(CCc2ccc(Cl)cc2)C1)C(=O)c1ccc[nH]1. The predicted molar refractivity (Wildman–Crippen MR) is 102 cm³/mol. The van der Waals surface area contributed by atoms with Crippen molar-refractivity contribution >= 4 is 17.5 Å². The molecule has 1 aliphatic heterocycles. The van der Waals surface area contributed by atoms with Crippen molar-refractivity contribution in [2.45, 2.75) is 19.3 Å². The molecule has 1 atom stereocenters. The second kappa shape index (κ2) is 8.54. The molecule has 4 nitrogen and oxygen atoms in total. The molecule has 1 aliphatic rings. The Morgan fingerprint density at radius 3 is 2.84 bits per heavy atom. The lowest BCUT2D eigenvalue weighted by Crippen LogP contribution is -2.42. The number of hydrogen-bond acceptors (Lipinski definition) is 2. The highest BCUT2D eigenvalue weighted by molar-refractivity contribution is 6.30. The van der Waals surface area contributed by atoms with E-state index >= 15 is 0 Å². The number of piperidine rings is 1. The van der Waals surface area contributed by atoms with Crippen LogP contribution in [0.2, 0.25) is 5.02 Å². The quantitative estimate of drug-likeness (QED) is 0.854. The van der Waals surface area contributed by atoms with Gasteiger partial charge in [0, 0.05) is 37.9 Å². The summed E-state index contributed by atoms with van der Waals surface area (Å²) in [5.74, 6) is 0.617. The lowest BCUT2D eigenvalue weighted by atomic mass is 9.97. The second-order valence-corrected chi connectivity index (χ2v) is 7.39. The number of carbonyl (C=O) groups excluding carboxylic acids is 1. The van der Waals surface area contributed by atoms with Crippen LogP contribution in [0.15, 0.2) is 42.6 Å². The van der Waals surface area contributed by atoms with Crippen LogP contribution in [0, 0.1) is 5.92 Å². The van der Waals surface area contributed by atoms with Gasteiger partial charge in [-0.15, -0.1) is 0 Å². The van der Waals surface area contributed by atoms with Crippen molar-refractivity contribution in [2.24, 2.45) is 5.92 Å². The Morgan fingerprint density at radius 2 is 2.12 bits per heavy atom. The molecule has 1 fully saturated rings. The third-order valence-corrected chi connectivity index (χ3v) is 5.19. The average Bonchev–Trinajstić information content (AvgIpc) is 3.15. The van der Waals surface area contributed by atoms with Crippen LogP contribution in [0.4, 0.5) is 0 Å². The maximum Gasteiger partial charge on any atom is 0.270 e. The number of aromatic nitrogens is 1. The number of likely N-dealkylation sites (tertiary alicyclic amines) is 1. The summed E-state index contributed by atoms with van der Waals surface area (Å²) in [5.41, 5.74) is 1.99. The van der Waals surface area contributed by atoms with Crippen LogP contribution >= 0.6 is 11.6 Å². The fourth-order valence-electron chi connectivity index (χ4n) is 3.58. The molecule has 5 heteroatoms. The smallest absolute Gasteiger partial charge is 0.270 e. The maximum atomic E-state index is 12.4. The molecule has 0 spiro atoms. The summed E-state index contributed by atoms with van der Waals surface area (Å²) in [5, 5.41) is 0.788. The van der Waals surface area contributed by atoms with E-state index in [0.717, 1.165) is 37.6 Å². The number of carbonyl (C=O) groups is 1. The highest BCUT2D eigenvalue weighted by atomic mass is 35.5. The van der Waals surface area contributed by atoms with Gasteiger partial charge in [0.25, 0.3) is 5.91 Å². The van der Waals surface area contributed by atoms with Gasteiger partial charge in [0.15, 0.2) is 0 Å². The van der Waals surface area contributed by atoms with Gasteiger partial charge in [-0.2, -0.15) is 0 Å². The van der Waals surface area contributed by atoms with Gasteiger partial charge in [0.2, 0.25) is 0 Å². The van der Waals surface area contributed by atoms with Gasteiger partial charge < -0.3 is 14.8 Å². The number of rotatable bonds is 6. The van der Waals surface area contributed by atoms with Gasteiger partial charge >= 0.3 is 0 Å². The van der Waals surface area contributed by atoms with E-state index in [2.05, 4.69) is 22.0 Å². The van der Waals surface area contributed by atoms with E-state index in [1.807, 2.05) is 36.2 Å². The van der Waals surface area contributed by atoms with Gasteiger partial charge in [-0.25, -0.2) is 0 Å². The van der Waals surface area contributed by atoms with E-state index in [0.29, 0.717) is 11.6 Å². The lowest BCUT2D eigenvalue weighted by Gasteiger charge is -2.34. The zero-order chi connectivity index (χ0) is 17.6. The van der Waals surface area contributed by atoms with Crippen LogP contribution in [0.5, 0.6) is 0 Å². The molecule has 1 aromatic heterocycles. The second-order valence-electron chi connectivity index (χ2n) is 6.95. The Balaban J connectivity index is 1.47. The van der Waals surface area contributed by atoms with Crippen LogP contribution in [-0.4, -0.2) is 53.9 Å². The molecule has 25 heavy (non-hydrogen) atoms. The summed E-state index contributed by atoms with van der Waals surface area (Å²) in [7, 11) is 1.90. The number of hydrogen-bond donors (Lipinski definition) is 1. The Kier molecular flexibility index (Phi) is 6.16. The van der Waals surface area contributed by atoms with E-state index in [1.54, 1.807) is 6.20 Å². The Bertz CT molecular complexity index is 669. The molecule has 0 unspecified atom stereocenters. The van der Waals surface area contributed by atoms with E-state index in [4.69, 9.17) is 11.6 Å². The normalized spacial score (nSPS) is 18.2. The number of H-pyrrole nitrogens is 1. The highest BCUT2D eigenvalue weighted by Gasteiger charge is 2.23. The monoisotopic (exact) mass is 359 g/mol. The molecule has 3 rings (SSSR count). The minimum absolute atomic E-state index is 0.0725. The summed E-state index contributed by atoms with van der Waals surface area (Å²) in [6, 6.07) is 11.8. The summed E-state index contributed by atoms with van der Waals surface area (Å²) < 4.78 is 0. The van der Waals surface area contributed by atoms with Gasteiger partial charge in [0.05, 0.1) is 0 Å². The molecule has 1 saturated heterocycles. The molecule has 1 amide bonds. The molecule has 0 radical (unpaired) electrons. The van der Waals surface area contributed by atoms with Gasteiger partial charge in [-0.3, -0.25) is 4.79 Å². The summed E-state index contributed by atoms with van der Waals surface area (Å²) in [6.07, 6.45) is 5.23. The number of nitrogens with zero attached hydrogens (tertiary/aromatic N) is 2. The first-order chi connectivity index (χ1) is 12.1. The first-order valence-electron chi connectivity index (χ1n) is 8.97. The molecule has 1 aromatic carbocycles. The van der Waals surface area contributed by atoms with Gasteiger partial charge in [0.1, 0.15) is 5.69 Å². The largest absolute Gasteiger partial charge is 0.357 e. The summed E-state index contributed by atoms with van der Waals surface area (Å²) >= 11 is 5.95. The molecule has 0 bridgehead atoms. The third-order valence-electron chi connectivity index (χ3n) is 4.94. The number of benzene rings is 1. The minimum Gasteiger partial charge on any atom is -0.357 e. The topological polar surface area (TPSA) is 39.3 Å². The fourth-order valence-corrected chi connectivity index (χ4v) is 3.71. The van der Waals surface area contributed by atoms with Crippen molar-refractivity contribution < 1.29 is 4.79 Å². The van der Waals surface area contributed by atoms with Crippen molar-refractivity contribution in [3.8, 4) is 0 Å². The van der Waals surface area contributed by atoms with Crippen molar-refractivity contribution in [3.63, 3.8) is 0 Å². The van der Waals surface area contributed by atoms with Gasteiger partial charge in [-0.1, -0.05) is 23.7 Å². The Hall–Kier alpha value is -1.78. The number of nitrogens with one attached hydrogen (secondary N) is 1. The predicted octanol–water partition coefficient (Wildman–Crippen LogP) is 3.69. The first-order valence-corrected chi connectivity index (χ1v) is 9.35. The minimum atomic E-state index is 0.0725. The van der Waals surface area contributed by atoms with Crippen LogP contribution < -0.4 is 0 Å². The summed E-state index contributed by atoms with van der Waals surface area (Å²) in [6.45, 7) is 4.09. The van der Waals surface area contributed by atoms with Crippen LogP contribution in [0.1, 0.15) is 28.9 Å². The molecule has 1 N–H and O–H groups in total. The van der Waals surface area contributed by atoms with Crippen molar-refractivity contribution in [3.05, 3.63) is 58.9 Å². The van der Waals surface area contributed by atoms with Crippen molar-refractivity contribution in [1.82, 2.24) is 14.8 Å². The van der Waals surface area contributed by atoms with E-state index in [9.17, 15) is 4.79 Å². The third kappa shape index (κ3) is 5.10. The van der Waals surface area contributed by atoms with Crippen LogP contribution in [0.25, 0.3) is 0 Å². The zero-order valence-electron chi connectivity index (χ0n) is 14.7. The Labute approximate surface area is 154 Å². The standard InChI is InChI=1S/C20H26ClN3O/c1-23(20(25)19-5-2-11-22-19)14-17-4-3-12-24(15-17)13-10-16-6-8-18(21)9-7-16/h2,5-9,11,17,22H,3-4,10,12-15H2,1H3/t17-/m1/s1. The molecular formula is C20H26ClN3O. The molecule has 2 aromatic rings. The van der Waals surface area contributed by atoms with E-state index in [1.165, 1.54) is 18.4 Å². The molecule has 0 aliphatic carbocycles. The molecular weight excluding hydrogens is 334 g/mol. The highest BCUT2D eigenvalue weighted by Crippen LogP contribution is 2.19. The molecule has 134 valence electrons. The lowest BCUT2D eigenvalue weighted by molar-refractivity contribution is 0.0725. The summed E-state index contributed by atoms with van der Waals surface area (Å²) in [4.78, 5) is 19.7. The van der Waals surface area contributed by atoms with Crippen LogP contribution in [0.3, 0.4) is 0 Å². The molecule has 2 heterocycles. The van der Waals surface area contributed by atoms with Crippen LogP contribution in [-0.2, 0) is 6.42 Å². The maximum absolute atomic E-state index is 12.4. The number of halogens is 1. The Morgan fingerprint density at radius 1 is 1.32 bits per heavy atom. The average molecular weight is 360 g/mol. The van der Waals surface area contributed by atoms with Crippen molar-refractivity contribution in [1.29, 1.82) is 0 Å². The fraction of sp³-hybridized carbons (Fsp3) is 0.450.